The molecule has 31 heavy (non-hydrogen) atoms. The molecule has 7 nitrogen and oxygen atoms in total. The monoisotopic (exact) mass is 435 g/mol. The molecule has 1 N–H and O–H groups in total. The lowest BCUT2D eigenvalue weighted by Crippen LogP contribution is -2.33. The normalized spacial score (nSPS) is 17.2. The number of para-hydroxylation sites is 1. The number of anilines is 1. The molecule has 1 fully saturated rings. The summed E-state index contributed by atoms with van der Waals surface area (Å²) in [6, 6.07) is 20.0. The Balaban J connectivity index is 1.53. The number of carbonyl (C=O) groups excluding carboxylic acids is 2. The maximum atomic E-state index is 13.1. The molecule has 0 aliphatic carbocycles. The Morgan fingerprint density at radius 3 is 2.58 bits per heavy atom. The lowest BCUT2D eigenvalue weighted by atomic mass is 10.2. The Bertz CT molecular complexity index is 1070. The van der Waals surface area contributed by atoms with E-state index in [4.69, 9.17) is 9.15 Å². The summed E-state index contributed by atoms with van der Waals surface area (Å²) in [6.07, 6.45) is 1.61. The van der Waals surface area contributed by atoms with E-state index < -0.39 is 5.25 Å². The molecule has 1 aliphatic heterocycles. The summed E-state index contributed by atoms with van der Waals surface area (Å²) in [6.45, 7) is 0.255. The first kappa shape index (κ1) is 20.7. The number of furan rings is 1. The highest BCUT2D eigenvalue weighted by Crippen LogP contribution is 2.33. The van der Waals surface area contributed by atoms with Gasteiger partial charge in [0.15, 0.2) is 5.17 Å². The van der Waals surface area contributed by atoms with Crippen LogP contribution in [0.25, 0.3) is 0 Å². The lowest BCUT2D eigenvalue weighted by molar-refractivity contribution is -0.128. The van der Waals surface area contributed by atoms with E-state index in [9.17, 15) is 9.59 Å². The van der Waals surface area contributed by atoms with Crippen LogP contribution in [0.5, 0.6) is 5.75 Å². The number of nitrogens with zero attached hydrogens (tertiary/aromatic N) is 2. The molecule has 2 aromatic carbocycles. The zero-order chi connectivity index (χ0) is 21.6. The third-order valence-corrected chi connectivity index (χ3v) is 5.81. The maximum Gasteiger partial charge on any atom is 0.243 e. The van der Waals surface area contributed by atoms with Crippen molar-refractivity contribution in [3.63, 3.8) is 0 Å². The molecule has 0 spiro atoms. The van der Waals surface area contributed by atoms with Crippen LogP contribution >= 0.6 is 11.8 Å². The van der Waals surface area contributed by atoms with Crippen molar-refractivity contribution >= 4 is 40.1 Å². The molecule has 1 aliphatic rings. The van der Waals surface area contributed by atoms with E-state index in [0.29, 0.717) is 22.3 Å². The molecule has 0 bridgehead atoms. The second-order valence-electron chi connectivity index (χ2n) is 6.82. The number of ether oxygens (including phenoxy) is 1. The second-order valence-corrected chi connectivity index (χ2v) is 7.99. The number of benzene rings is 2. The summed E-state index contributed by atoms with van der Waals surface area (Å²) >= 11 is 1.29. The molecular weight excluding hydrogens is 414 g/mol. The third kappa shape index (κ3) is 5.16. The third-order valence-electron chi connectivity index (χ3n) is 4.64. The van der Waals surface area contributed by atoms with Crippen LogP contribution in [0, 0.1) is 0 Å². The van der Waals surface area contributed by atoms with Crippen LogP contribution in [-0.4, -0.2) is 34.2 Å². The number of nitrogens with one attached hydrogen (secondary N) is 1. The van der Waals surface area contributed by atoms with Gasteiger partial charge < -0.3 is 14.5 Å². The van der Waals surface area contributed by atoms with Gasteiger partial charge in [-0.3, -0.25) is 14.5 Å². The number of carbonyl (C=O) groups is 2. The number of thioether (sulfide) groups is 1. The van der Waals surface area contributed by atoms with Gasteiger partial charge in [-0.05, 0) is 48.5 Å². The molecule has 0 radical (unpaired) electrons. The Labute approximate surface area is 184 Å². The molecule has 158 valence electrons. The summed E-state index contributed by atoms with van der Waals surface area (Å²) < 4.78 is 10.6. The fourth-order valence-corrected chi connectivity index (χ4v) is 4.26. The molecule has 1 unspecified atom stereocenters. The van der Waals surface area contributed by atoms with E-state index in [1.54, 1.807) is 42.5 Å². The van der Waals surface area contributed by atoms with E-state index in [1.807, 2.05) is 42.5 Å². The van der Waals surface area contributed by atoms with Gasteiger partial charge in [-0.2, -0.15) is 0 Å². The fraction of sp³-hybridized carbons (Fsp3) is 0.174. The maximum absolute atomic E-state index is 13.1. The number of methoxy groups -OCH3 is 1. The van der Waals surface area contributed by atoms with Crippen LogP contribution in [0.1, 0.15) is 12.2 Å². The molecule has 8 heteroatoms. The minimum Gasteiger partial charge on any atom is -0.497 e. The summed E-state index contributed by atoms with van der Waals surface area (Å²) in [4.78, 5) is 31.8. The highest BCUT2D eigenvalue weighted by molar-refractivity contribution is 8.15. The highest BCUT2D eigenvalue weighted by atomic mass is 32.2. The Hall–Kier alpha value is -3.52. The summed E-state index contributed by atoms with van der Waals surface area (Å²) in [7, 11) is 1.60. The molecule has 2 heterocycles. The first-order valence-electron chi connectivity index (χ1n) is 9.70. The Kier molecular flexibility index (Phi) is 6.37. The van der Waals surface area contributed by atoms with Crippen LogP contribution < -0.4 is 10.1 Å². The number of amidine groups is 1. The van der Waals surface area contributed by atoms with Gasteiger partial charge in [-0.25, -0.2) is 4.99 Å². The van der Waals surface area contributed by atoms with E-state index in [0.717, 1.165) is 5.75 Å². The molecular formula is C23H21N3O4S. The van der Waals surface area contributed by atoms with Gasteiger partial charge in [0, 0.05) is 12.1 Å². The van der Waals surface area contributed by atoms with Gasteiger partial charge in [0.2, 0.25) is 11.8 Å². The lowest BCUT2D eigenvalue weighted by Gasteiger charge is -2.15. The van der Waals surface area contributed by atoms with E-state index in [2.05, 4.69) is 10.3 Å². The second kappa shape index (κ2) is 9.53. The number of hydrogen-bond donors (Lipinski definition) is 1. The Morgan fingerprint density at radius 2 is 1.90 bits per heavy atom. The number of aliphatic imine (C=N–C) groups is 1. The zero-order valence-electron chi connectivity index (χ0n) is 16.9. The van der Waals surface area contributed by atoms with Crippen LogP contribution in [0.2, 0.25) is 0 Å². The molecule has 4 rings (SSSR count). The van der Waals surface area contributed by atoms with Gasteiger partial charge >= 0.3 is 0 Å². The van der Waals surface area contributed by atoms with Gasteiger partial charge in [-0.15, -0.1) is 0 Å². The molecule has 1 aromatic heterocycles. The van der Waals surface area contributed by atoms with Crippen molar-refractivity contribution in [1.29, 1.82) is 0 Å². The van der Waals surface area contributed by atoms with E-state index in [1.165, 1.54) is 11.8 Å². The Morgan fingerprint density at radius 1 is 1.13 bits per heavy atom. The van der Waals surface area contributed by atoms with Crippen molar-refractivity contribution in [2.24, 2.45) is 4.99 Å². The molecule has 1 saturated heterocycles. The van der Waals surface area contributed by atoms with Crippen LogP contribution in [0.15, 0.2) is 82.4 Å². The fourth-order valence-electron chi connectivity index (χ4n) is 3.10. The van der Waals surface area contributed by atoms with Crippen molar-refractivity contribution < 1.29 is 18.7 Å². The van der Waals surface area contributed by atoms with Gasteiger partial charge in [0.1, 0.15) is 16.8 Å². The summed E-state index contributed by atoms with van der Waals surface area (Å²) in [5.74, 6) is 0.977. The summed E-state index contributed by atoms with van der Waals surface area (Å²) in [5.41, 5.74) is 1.39. The van der Waals surface area contributed by atoms with Crippen molar-refractivity contribution in [3.8, 4) is 5.75 Å². The number of rotatable bonds is 7. The van der Waals surface area contributed by atoms with Crippen LogP contribution in [0.4, 0.5) is 11.4 Å². The molecule has 0 saturated carbocycles. The molecule has 2 amide bonds. The first-order valence-corrected chi connectivity index (χ1v) is 10.6. The van der Waals surface area contributed by atoms with Crippen molar-refractivity contribution in [1.82, 2.24) is 4.90 Å². The van der Waals surface area contributed by atoms with Crippen LogP contribution in [0.3, 0.4) is 0 Å². The van der Waals surface area contributed by atoms with Crippen molar-refractivity contribution in [2.45, 2.75) is 18.2 Å². The number of amides is 2. The SMILES string of the molecule is COc1ccc(N=C2SC(CC(=O)Nc3ccccc3)C(=O)N2Cc2ccco2)cc1. The van der Waals surface area contributed by atoms with Gasteiger partial charge in [-0.1, -0.05) is 30.0 Å². The highest BCUT2D eigenvalue weighted by Gasteiger charge is 2.39. The number of hydrogen-bond acceptors (Lipinski definition) is 6. The molecule has 3 aromatic rings. The van der Waals surface area contributed by atoms with Gasteiger partial charge in [0.05, 0.1) is 25.6 Å². The first-order chi connectivity index (χ1) is 15.1. The zero-order valence-corrected chi connectivity index (χ0v) is 17.7. The minimum atomic E-state index is -0.560. The van der Waals surface area contributed by atoms with Crippen molar-refractivity contribution in [2.75, 3.05) is 12.4 Å². The van der Waals surface area contributed by atoms with Crippen molar-refractivity contribution in [3.05, 3.63) is 78.8 Å². The van der Waals surface area contributed by atoms with E-state index >= 15 is 0 Å². The average molecular weight is 436 g/mol. The average Bonchev–Trinajstić information content (AvgIpc) is 3.39. The topological polar surface area (TPSA) is 84.1 Å². The smallest absolute Gasteiger partial charge is 0.243 e. The standard InChI is InChI=1S/C23H21N3O4S/c1-29-18-11-9-17(10-12-18)25-23-26(15-19-8-5-13-30-19)22(28)20(31-23)14-21(27)24-16-6-3-2-4-7-16/h2-13,20H,14-15H2,1H3,(H,24,27). The quantitative estimate of drug-likeness (QED) is 0.593. The largest absolute Gasteiger partial charge is 0.497 e. The predicted octanol–water partition coefficient (Wildman–Crippen LogP) is 4.45. The van der Waals surface area contributed by atoms with E-state index in [-0.39, 0.29) is 24.8 Å². The molecule has 1 atom stereocenters. The minimum absolute atomic E-state index is 0.0503. The summed E-state index contributed by atoms with van der Waals surface area (Å²) in [5, 5.41) is 2.80. The van der Waals surface area contributed by atoms with Gasteiger partial charge in [0.25, 0.3) is 0 Å². The predicted molar refractivity (Wildman–Crippen MR) is 120 cm³/mol. The van der Waals surface area contributed by atoms with Crippen LogP contribution in [-0.2, 0) is 16.1 Å².